The maximum absolute atomic E-state index is 12.4. The van der Waals surface area contributed by atoms with Crippen LogP contribution in [0.3, 0.4) is 0 Å². The van der Waals surface area contributed by atoms with E-state index in [1.54, 1.807) is 24.3 Å². The van der Waals surface area contributed by atoms with Gasteiger partial charge in [0, 0.05) is 21.9 Å². The summed E-state index contributed by atoms with van der Waals surface area (Å²) < 4.78 is 0. The van der Waals surface area contributed by atoms with Gasteiger partial charge in [-0.25, -0.2) is 0 Å². The summed E-state index contributed by atoms with van der Waals surface area (Å²) in [6, 6.07) is 26.4. The van der Waals surface area contributed by atoms with Crippen LogP contribution in [-0.4, -0.2) is 10.5 Å². The number of fused-ring (bicyclic) bond motifs is 1. The number of nitrogens with zero attached hydrogens (tertiary/aromatic N) is 4. The smallest absolute Gasteiger partial charge is 0.361 e. The van der Waals surface area contributed by atoms with Crippen LogP contribution in [0.1, 0.15) is 11.1 Å². The van der Waals surface area contributed by atoms with Gasteiger partial charge in [0.1, 0.15) is 5.71 Å². The van der Waals surface area contributed by atoms with E-state index in [0.717, 1.165) is 11.1 Å². The van der Waals surface area contributed by atoms with Gasteiger partial charge in [0.25, 0.3) is 5.43 Å². The van der Waals surface area contributed by atoms with Crippen molar-refractivity contribution in [2.24, 2.45) is 10.2 Å². The monoisotopic (exact) mass is 350 g/mol. The summed E-state index contributed by atoms with van der Waals surface area (Å²) in [6.07, 6.45) is 0. The number of benzene rings is 3. The fourth-order valence-electron chi connectivity index (χ4n) is 3.02. The zero-order chi connectivity index (χ0) is 18.6. The standard InChI is InChI=1S/C22H14N4O/c23-24-21-20(17-13-7-8-14-18(17)22(21)27)26-25-19(15-9-3-1-4-10-15)16-11-5-2-6-12-16/h1-14H/b26-20+. The lowest BCUT2D eigenvalue weighted by Crippen LogP contribution is -2.33. The summed E-state index contributed by atoms with van der Waals surface area (Å²) in [5, 5.41) is 9.99. The van der Waals surface area contributed by atoms with Crippen LogP contribution >= 0.6 is 0 Å². The van der Waals surface area contributed by atoms with Crippen molar-refractivity contribution in [1.29, 1.82) is 0 Å². The third-order valence-electron chi connectivity index (χ3n) is 4.31. The van der Waals surface area contributed by atoms with Crippen LogP contribution in [0.5, 0.6) is 0 Å². The fraction of sp³-hybridized carbons (Fsp3) is 0. The van der Waals surface area contributed by atoms with Crippen molar-refractivity contribution in [3.8, 4) is 0 Å². The van der Waals surface area contributed by atoms with Crippen LogP contribution in [0, 0.1) is 0 Å². The molecule has 0 fully saturated rings. The summed E-state index contributed by atoms with van der Waals surface area (Å²) in [7, 11) is 0. The van der Waals surface area contributed by atoms with E-state index in [1.165, 1.54) is 0 Å². The van der Waals surface area contributed by atoms with E-state index >= 15 is 0 Å². The van der Waals surface area contributed by atoms with Gasteiger partial charge in [-0.15, -0.1) is 10.2 Å². The molecule has 4 aromatic rings. The lowest BCUT2D eigenvalue weighted by atomic mass is 10.0. The first-order valence-electron chi connectivity index (χ1n) is 8.42. The van der Waals surface area contributed by atoms with Gasteiger partial charge < -0.3 is 5.53 Å². The Bertz CT molecular complexity index is 1280. The van der Waals surface area contributed by atoms with Gasteiger partial charge in [0.2, 0.25) is 0 Å². The first-order valence-corrected chi connectivity index (χ1v) is 8.42. The minimum Gasteiger partial charge on any atom is -0.361 e. The highest BCUT2D eigenvalue weighted by atomic mass is 16.1. The van der Waals surface area contributed by atoms with E-state index in [0.29, 0.717) is 16.5 Å². The number of hydrogen-bond donors (Lipinski definition) is 0. The van der Waals surface area contributed by atoms with Gasteiger partial charge in [-0.3, -0.25) is 4.79 Å². The Labute approximate surface area is 154 Å². The summed E-state index contributed by atoms with van der Waals surface area (Å²) in [5.41, 5.74) is 11.4. The summed E-state index contributed by atoms with van der Waals surface area (Å²) in [6.45, 7) is 0. The average molecular weight is 350 g/mol. The molecule has 128 valence electrons. The lowest BCUT2D eigenvalue weighted by Gasteiger charge is -2.04. The van der Waals surface area contributed by atoms with Crippen molar-refractivity contribution in [3.63, 3.8) is 0 Å². The highest BCUT2D eigenvalue weighted by molar-refractivity contribution is 6.12. The van der Waals surface area contributed by atoms with Gasteiger partial charge in [0.15, 0.2) is 5.36 Å². The molecule has 4 rings (SSSR count). The molecule has 0 aromatic heterocycles. The van der Waals surface area contributed by atoms with Crippen LogP contribution in [0.15, 0.2) is 99.9 Å². The van der Waals surface area contributed by atoms with Crippen molar-refractivity contribution in [3.05, 3.63) is 123 Å². The zero-order valence-corrected chi connectivity index (χ0v) is 14.3. The molecule has 5 nitrogen and oxygen atoms in total. The topological polar surface area (TPSA) is 78.2 Å². The second-order valence-electron chi connectivity index (χ2n) is 5.95. The lowest BCUT2D eigenvalue weighted by molar-refractivity contribution is -0.0678. The Morgan fingerprint density at radius 3 is 1.81 bits per heavy atom. The molecule has 0 bridgehead atoms. The molecule has 0 heterocycles. The number of rotatable bonds is 3. The fourth-order valence-corrected chi connectivity index (χ4v) is 3.02. The molecule has 0 saturated heterocycles. The molecule has 0 aliphatic rings. The molecule has 27 heavy (non-hydrogen) atoms. The Morgan fingerprint density at radius 2 is 1.26 bits per heavy atom. The van der Waals surface area contributed by atoms with E-state index in [9.17, 15) is 10.3 Å². The van der Waals surface area contributed by atoms with Crippen LogP contribution in [0.4, 0.5) is 0 Å². The van der Waals surface area contributed by atoms with E-state index < -0.39 is 0 Å². The van der Waals surface area contributed by atoms with Crippen LogP contribution in [0.2, 0.25) is 0 Å². The zero-order valence-electron chi connectivity index (χ0n) is 14.3. The van der Waals surface area contributed by atoms with E-state index in [4.69, 9.17) is 0 Å². The molecule has 0 unspecified atom stereocenters. The molecule has 0 spiro atoms. The van der Waals surface area contributed by atoms with Crippen molar-refractivity contribution < 1.29 is 4.79 Å². The van der Waals surface area contributed by atoms with Crippen molar-refractivity contribution in [2.75, 3.05) is 0 Å². The molecule has 0 aliphatic carbocycles. The molecule has 0 atom stereocenters. The molecule has 5 heteroatoms. The van der Waals surface area contributed by atoms with Gasteiger partial charge in [0.05, 0.1) is 0 Å². The van der Waals surface area contributed by atoms with E-state index in [1.807, 2.05) is 60.7 Å². The molecule has 0 N–H and O–H groups in total. The summed E-state index contributed by atoms with van der Waals surface area (Å²) in [4.78, 5) is 15.6. The molecule has 0 radical (unpaired) electrons. The van der Waals surface area contributed by atoms with Crippen molar-refractivity contribution in [1.82, 2.24) is 0 Å². The molecular formula is C22H14N4O. The first kappa shape index (κ1) is 16.5. The minimum absolute atomic E-state index is 0.0968. The van der Waals surface area contributed by atoms with Gasteiger partial charge in [-0.2, -0.15) is 4.79 Å². The second-order valence-corrected chi connectivity index (χ2v) is 5.95. The Morgan fingerprint density at radius 1 is 0.741 bits per heavy atom. The van der Waals surface area contributed by atoms with Crippen LogP contribution < -0.4 is 16.1 Å². The van der Waals surface area contributed by atoms with Gasteiger partial charge >= 0.3 is 5.36 Å². The highest BCUT2D eigenvalue weighted by Gasteiger charge is 2.14. The Balaban J connectivity index is 2.03. The van der Waals surface area contributed by atoms with Crippen molar-refractivity contribution >= 4 is 16.5 Å². The SMILES string of the molecule is [N-]=[N+]=c1c(=O)c2ccccc2/c1=N\N=C(c1ccccc1)c1ccccc1. The molecule has 0 saturated carbocycles. The summed E-state index contributed by atoms with van der Waals surface area (Å²) >= 11 is 0. The maximum Gasteiger partial charge on any atom is 0.390 e. The maximum atomic E-state index is 12.4. The van der Waals surface area contributed by atoms with Crippen LogP contribution in [-0.2, 0) is 0 Å². The average Bonchev–Trinajstić information content (AvgIpc) is 3.01. The largest absolute Gasteiger partial charge is 0.390 e. The molecule has 0 aliphatic heterocycles. The Kier molecular flexibility index (Phi) is 4.35. The summed E-state index contributed by atoms with van der Waals surface area (Å²) in [5.74, 6) is 0. The van der Waals surface area contributed by atoms with Gasteiger partial charge in [-0.1, -0.05) is 84.9 Å². The molecule has 0 amide bonds. The predicted octanol–water partition coefficient (Wildman–Crippen LogP) is 2.56. The number of hydrogen-bond acceptors (Lipinski definition) is 3. The minimum atomic E-state index is -0.358. The third kappa shape index (κ3) is 3.03. The quantitative estimate of drug-likeness (QED) is 0.242. The Hall–Kier alpha value is -3.95. The third-order valence-corrected chi connectivity index (χ3v) is 4.31. The van der Waals surface area contributed by atoms with Crippen molar-refractivity contribution in [2.45, 2.75) is 0 Å². The normalized spacial score (nSPS) is 11.3. The van der Waals surface area contributed by atoms with Crippen LogP contribution in [0.25, 0.3) is 16.3 Å². The predicted molar refractivity (Wildman–Crippen MR) is 103 cm³/mol. The van der Waals surface area contributed by atoms with Gasteiger partial charge in [-0.05, 0) is 0 Å². The second kappa shape index (κ2) is 7.12. The van der Waals surface area contributed by atoms with E-state index in [2.05, 4.69) is 15.0 Å². The highest BCUT2D eigenvalue weighted by Crippen LogP contribution is 2.11. The molecular weight excluding hydrogens is 336 g/mol. The first-order chi connectivity index (χ1) is 13.3. The molecule has 4 aromatic carbocycles. The van der Waals surface area contributed by atoms with E-state index in [-0.39, 0.29) is 16.1 Å².